The number of piperazine rings is 1. The molecule has 2 amide bonds. The van der Waals surface area contributed by atoms with E-state index in [0.717, 1.165) is 36.6 Å². The van der Waals surface area contributed by atoms with Gasteiger partial charge in [0.1, 0.15) is 32.0 Å². The van der Waals surface area contributed by atoms with Gasteiger partial charge in [-0.25, -0.2) is 4.39 Å². The van der Waals surface area contributed by atoms with Gasteiger partial charge in [0.25, 0.3) is 11.8 Å². The zero-order chi connectivity index (χ0) is 20.8. The highest BCUT2D eigenvalue weighted by molar-refractivity contribution is 6.33. The van der Waals surface area contributed by atoms with Gasteiger partial charge in [-0.1, -0.05) is 23.7 Å². The minimum Gasteiger partial charge on any atom is -0.321 e. The lowest BCUT2D eigenvalue weighted by Gasteiger charge is -2.29. The van der Waals surface area contributed by atoms with E-state index in [0.29, 0.717) is 29.5 Å². The molecule has 8 heteroatoms. The Kier molecular flexibility index (Phi) is 7.19. The Hall–Kier alpha value is -2.48. The van der Waals surface area contributed by atoms with Gasteiger partial charge in [0.15, 0.2) is 13.1 Å². The molecule has 4 N–H and O–H groups in total. The number of rotatable bonds is 6. The van der Waals surface area contributed by atoms with Crippen molar-refractivity contribution >= 4 is 34.8 Å². The molecule has 2 aromatic rings. The second kappa shape index (κ2) is 9.82. The second-order valence-electron chi connectivity index (χ2n) is 7.44. The number of amides is 2. The van der Waals surface area contributed by atoms with Crippen LogP contribution in [-0.2, 0) is 9.59 Å². The molecule has 6 nitrogen and oxygen atoms in total. The summed E-state index contributed by atoms with van der Waals surface area (Å²) in [5.41, 5.74) is 2.13. The van der Waals surface area contributed by atoms with Gasteiger partial charge >= 0.3 is 0 Å². The summed E-state index contributed by atoms with van der Waals surface area (Å²) in [6, 6.07) is 11.4. The maximum absolute atomic E-state index is 13.2. The molecule has 0 saturated carbocycles. The summed E-state index contributed by atoms with van der Waals surface area (Å²) in [7, 11) is 0. The van der Waals surface area contributed by atoms with Crippen molar-refractivity contribution in [1.29, 1.82) is 0 Å². The lowest BCUT2D eigenvalue weighted by molar-refractivity contribution is -1.00. The highest BCUT2D eigenvalue weighted by atomic mass is 35.5. The molecule has 1 aliphatic rings. The highest BCUT2D eigenvalue weighted by Gasteiger charge is 2.26. The lowest BCUT2D eigenvalue weighted by atomic mass is 10.2. The van der Waals surface area contributed by atoms with E-state index >= 15 is 0 Å². The van der Waals surface area contributed by atoms with Crippen LogP contribution in [0.5, 0.6) is 0 Å². The first-order chi connectivity index (χ1) is 13.9. The third-order valence-corrected chi connectivity index (χ3v) is 5.31. The Morgan fingerprint density at radius 2 is 1.59 bits per heavy atom. The maximum atomic E-state index is 13.2. The van der Waals surface area contributed by atoms with Crippen LogP contribution < -0.4 is 20.4 Å². The Morgan fingerprint density at radius 3 is 2.17 bits per heavy atom. The molecule has 1 saturated heterocycles. The van der Waals surface area contributed by atoms with Gasteiger partial charge in [0.05, 0.1) is 10.7 Å². The van der Waals surface area contributed by atoms with Crippen LogP contribution in [-0.4, -0.2) is 51.1 Å². The highest BCUT2D eigenvalue weighted by Crippen LogP contribution is 2.22. The molecule has 0 unspecified atom stereocenters. The minimum absolute atomic E-state index is 0.0712. The zero-order valence-electron chi connectivity index (χ0n) is 16.4. The minimum atomic E-state index is -0.377. The number of hydrogen-bond donors (Lipinski definition) is 4. The van der Waals surface area contributed by atoms with E-state index in [1.807, 2.05) is 25.1 Å². The first-order valence-electron chi connectivity index (χ1n) is 9.67. The fourth-order valence-electron chi connectivity index (χ4n) is 3.45. The summed E-state index contributed by atoms with van der Waals surface area (Å²) in [6.45, 7) is 5.84. The molecule has 1 heterocycles. The smallest absolute Gasteiger partial charge is 0.279 e. The van der Waals surface area contributed by atoms with Crippen LogP contribution >= 0.6 is 11.6 Å². The largest absolute Gasteiger partial charge is 0.321 e. The average Bonchev–Trinajstić information content (AvgIpc) is 2.65. The number of aryl methyl sites for hydroxylation is 1. The van der Waals surface area contributed by atoms with Crippen LogP contribution in [0.1, 0.15) is 5.56 Å². The summed E-state index contributed by atoms with van der Waals surface area (Å²) in [5.74, 6) is -0.587. The van der Waals surface area contributed by atoms with Crippen molar-refractivity contribution in [2.45, 2.75) is 6.92 Å². The normalized spacial score (nSPS) is 18.9. The Morgan fingerprint density at radius 1 is 0.966 bits per heavy atom. The molecule has 1 fully saturated rings. The molecule has 0 radical (unpaired) electrons. The van der Waals surface area contributed by atoms with E-state index in [2.05, 4.69) is 10.6 Å². The van der Waals surface area contributed by atoms with Crippen LogP contribution in [0.4, 0.5) is 15.8 Å². The van der Waals surface area contributed by atoms with Crippen molar-refractivity contribution in [2.75, 3.05) is 49.9 Å². The Labute approximate surface area is 174 Å². The molecule has 0 aromatic heterocycles. The molecular weight excluding hydrogens is 395 g/mol. The first kappa shape index (κ1) is 21.2. The summed E-state index contributed by atoms with van der Waals surface area (Å²) in [6.07, 6.45) is 0. The van der Waals surface area contributed by atoms with Gasteiger partial charge in [-0.2, -0.15) is 0 Å². The van der Waals surface area contributed by atoms with Crippen molar-refractivity contribution in [3.8, 4) is 0 Å². The molecular formula is C21H26ClFN4O2+2. The first-order valence-corrected chi connectivity index (χ1v) is 10.1. The fourth-order valence-corrected chi connectivity index (χ4v) is 3.73. The molecule has 3 rings (SSSR count). The van der Waals surface area contributed by atoms with Crippen LogP contribution in [0.2, 0.25) is 5.02 Å². The van der Waals surface area contributed by atoms with Crippen LogP contribution in [0.25, 0.3) is 0 Å². The average molecular weight is 421 g/mol. The third kappa shape index (κ3) is 6.52. The predicted octanol–water partition coefficient (Wildman–Crippen LogP) is 0.148. The van der Waals surface area contributed by atoms with Crippen molar-refractivity contribution in [1.82, 2.24) is 0 Å². The molecule has 0 aliphatic carbocycles. The third-order valence-electron chi connectivity index (χ3n) is 4.99. The van der Waals surface area contributed by atoms with E-state index in [1.54, 1.807) is 12.1 Å². The number of benzene rings is 2. The Bertz CT molecular complexity index is 885. The number of carbonyl (C=O) groups is 2. The monoisotopic (exact) mass is 420 g/mol. The van der Waals surface area contributed by atoms with Gasteiger partial charge in [-0.05, 0) is 42.8 Å². The van der Waals surface area contributed by atoms with Crippen LogP contribution in [0, 0.1) is 12.7 Å². The zero-order valence-corrected chi connectivity index (χ0v) is 17.1. The number of anilines is 2. The van der Waals surface area contributed by atoms with Gasteiger partial charge in [-0.3, -0.25) is 9.59 Å². The molecule has 0 spiro atoms. The number of carbonyl (C=O) groups excluding carboxylic acids is 2. The fraction of sp³-hybridized carbons (Fsp3) is 0.333. The molecule has 0 atom stereocenters. The van der Waals surface area contributed by atoms with Crippen molar-refractivity contribution in [3.05, 3.63) is 58.9 Å². The molecule has 29 heavy (non-hydrogen) atoms. The quantitative estimate of drug-likeness (QED) is 0.537. The number of halogens is 2. The van der Waals surface area contributed by atoms with Crippen molar-refractivity contribution in [2.24, 2.45) is 0 Å². The van der Waals surface area contributed by atoms with E-state index in [4.69, 9.17) is 11.6 Å². The molecule has 2 aromatic carbocycles. The standard InChI is InChI=1S/C21H24ClFN4O2/c1-15-5-6-19(18(22)11-15)25-21(29)14-27-9-7-26(8-10-27)13-20(28)24-17-4-2-3-16(23)12-17/h2-6,11-12H,7-10,13-14H2,1H3,(H,24,28)(H,25,29)/p+2. The van der Waals surface area contributed by atoms with Crippen molar-refractivity contribution < 1.29 is 23.8 Å². The van der Waals surface area contributed by atoms with Gasteiger partial charge in [0, 0.05) is 5.69 Å². The van der Waals surface area contributed by atoms with E-state index < -0.39 is 0 Å². The van der Waals surface area contributed by atoms with E-state index in [-0.39, 0.29) is 17.6 Å². The van der Waals surface area contributed by atoms with Crippen molar-refractivity contribution in [3.63, 3.8) is 0 Å². The molecule has 154 valence electrons. The second-order valence-corrected chi connectivity index (χ2v) is 7.85. The van der Waals surface area contributed by atoms with Crippen LogP contribution in [0.15, 0.2) is 42.5 Å². The number of nitrogens with one attached hydrogen (secondary N) is 4. The molecule has 0 bridgehead atoms. The Balaban J connectivity index is 1.40. The molecule has 1 aliphatic heterocycles. The lowest BCUT2D eigenvalue weighted by Crippen LogP contribution is -3.28. The van der Waals surface area contributed by atoms with E-state index in [9.17, 15) is 14.0 Å². The number of hydrogen-bond acceptors (Lipinski definition) is 2. The summed E-state index contributed by atoms with van der Waals surface area (Å²) in [4.78, 5) is 26.8. The summed E-state index contributed by atoms with van der Waals surface area (Å²) >= 11 is 6.17. The van der Waals surface area contributed by atoms with Crippen LogP contribution in [0.3, 0.4) is 0 Å². The summed E-state index contributed by atoms with van der Waals surface area (Å²) < 4.78 is 13.2. The van der Waals surface area contributed by atoms with Gasteiger partial charge in [0.2, 0.25) is 0 Å². The maximum Gasteiger partial charge on any atom is 0.279 e. The topological polar surface area (TPSA) is 67.1 Å². The van der Waals surface area contributed by atoms with Gasteiger partial charge < -0.3 is 20.4 Å². The SMILES string of the molecule is Cc1ccc(NC(=O)C[NH+]2CC[NH+](CC(=O)Nc3cccc(F)c3)CC2)c(Cl)c1. The summed E-state index contributed by atoms with van der Waals surface area (Å²) in [5, 5.41) is 6.13. The van der Waals surface area contributed by atoms with E-state index in [1.165, 1.54) is 17.0 Å². The van der Waals surface area contributed by atoms with Gasteiger partial charge in [-0.15, -0.1) is 0 Å². The predicted molar refractivity (Wildman–Crippen MR) is 111 cm³/mol. The number of quaternary nitrogens is 2.